The molecule has 7 heteroatoms. The molecule has 1 aromatic carbocycles. The van der Waals surface area contributed by atoms with E-state index in [2.05, 4.69) is 20.5 Å². The van der Waals surface area contributed by atoms with E-state index < -0.39 is 0 Å². The predicted molar refractivity (Wildman–Crippen MR) is 86.8 cm³/mol. The SMILES string of the molecule is COc1cccc(C)c1NC(=O)N1CCC(c2n[nH]c(C)n2)C1. The maximum Gasteiger partial charge on any atom is 0.321 e. The third kappa shape index (κ3) is 3.13. The van der Waals surface area contributed by atoms with Crippen molar-refractivity contribution in [3.63, 3.8) is 0 Å². The van der Waals surface area contributed by atoms with Crippen molar-refractivity contribution in [1.82, 2.24) is 20.1 Å². The Hall–Kier alpha value is -2.57. The number of likely N-dealkylation sites (tertiary alicyclic amines) is 1. The van der Waals surface area contributed by atoms with E-state index in [1.54, 1.807) is 12.0 Å². The molecule has 23 heavy (non-hydrogen) atoms. The van der Waals surface area contributed by atoms with Gasteiger partial charge in [0.15, 0.2) is 5.82 Å². The number of methoxy groups -OCH3 is 1. The summed E-state index contributed by atoms with van der Waals surface area (Å²) in [5.41, 5.74) is 1.69. The summed E-state index contributed by atoms with van der Waals surface area (Å²) in [6.07, 6.45) is 0.871. The highest BCUT2D eigenvalue weighted by atomic mass is 16.5. The summed E-state index contributed by atoms with van der Waals surface area (Å²) in [6, 6.07) is 5.57. The Kier molecular flexibility index (Phi) is 4.18. The number of aromatic amines is 1. The maximum atomic E-state index is 12.5. The van der Waals surface area contributed by atoms with Gasteiger partial charge in [0.2, 0.25) is 0 Å². The molecule has 2 heterocycles. The van der Waals surface area contributed by atoms with Gasteiger partial charge < -0.3 is 15.0 Å². The summed E-state index contributed by atoms with van der Waals surface area (Å²) in [5, 5.41) is 10.0. The molecule has 122 valence electrons. The Morgan fingerprint density at radius 1 is 1.43 bits per heavy atom. The molecule has 7 nitrogen and oxygen atoms in total. The highest BCUT2D eigenvalue weighted by Gasteiger charge is 2.30. The lowest BCUT2D eigenvalue weighted by atomic mass is 10.1. The van der Waals surface area contributed by atoms with Crippen LogP contribution >= 0.6 is 0 Å². The lowest BCUT2D eigenvalue weighted by molar-refractivity contribution is 0.221. The van der Waals surface area contributed by atoms with Gasteiger partial charge in [0, 0.05) is 19.0 Å². The summed E-state index contributed by atoms with van der Waals surface area (Å²) in [7, 11) is 1.60. The Labute approximate surface area is 135 Å². The van der Waals surface area contributed by atoms with Crippen LogP contribution in [0.3, 0.4) is 0 Å². The first-order valence-electron chi connectivity index (χ1n) is 7.67. The topological polar surface area (TPSA) is 83.1 Å². The number of H-pyrrole nitrogens is 1. The quantitative estimate of drug-likeness (QED) is 0.911. The number of amides is 2. The van der Waals surface area contributed by atoms with Gasteiger partial charge >= 0.3 is 6.03 Å². The lowest BCUT2D eigenvalue weighted by Gasteiger charge is -2.19. The number of urea groups is 1. The Morgan fingerprint density at radius 2 is 2.26 bits per heavy atom. The van der Waals surface area contributed by atoms with Crippen LogP contribution in [0.1, 0.15) is 29.6 Å². The zero-order valence-electron chi connectivity index (χ0n) is 13.6. The third-order valence-electron chi connectivity index (χ3n) is 4.14. The van der Waals surface area contributed by atoms with Gasteiger partial charge in [0.05, 0.1) is 12.8 Å². The molecule has 3 rings (SSSR count). The van der Waals surface area contributed by atoms with E-state index in [0.29, 0.717) is 18.8 Å². The van der Waals surface area contributed by atoms with Crippen LogP contribution in [0.5, 0.6) is 5.75 Å². The second kappa shape index (κ2) is 6.28. The third-order valence-corrected chi connectivity index (χ3v) is 4.14. The monoisotopic (exact) mass is 315 g/mol. The Balaban J connectivity index is 1.68. The van der Waals surface area contributed by atoms with Crippen LogP contribution in [0.25, 0.3) is 0 Å². The van der Waals surface area contributed by atoms with Gasteiger partial charge in [-0.3, -0.25) is 5.10 Å². The largest absolute Gasteiger partial charge is 0.495 e. The van der Waals surface area contributed by atoms with Crippen LogP contribution in [0, 0.1) is 13.8 Å². The summed E-state index contributed by atoms with van der Waals surface area (Å²) in [5.74, 6) is 2.43. The summed E-state index contributed by atoms with van der Waals surface area (Å²) in [6.45, 7) is 5.14. The van der Waals surface area contributed by atoms with Crippen molar-refractivity contribution in [2.24, 2.45) is 0 Å². The highest BCUT2D eigenvalue weighted by molar-refractivity contribution is 5.92. The van der Waals surface area contributed by atoms with Crippen LogP contribution in [0.4, 0.5) is 10.5 Å². The van der Waals surface area contributed by atoms with E-state index in [4.69, 9.17) is 4.74 Å². The van der Waals surface area contributed by atoms with Gasteiger partial charge in [0.1, 0.15) is 11.6 Å². The van der Waals surface area contributed by atoms with Crippen LogP contribution in [-0.4, -0.2) is 46.3 Å². The van der Waals surface area contributed by atoms with Crippen molar-refractivity contribution in [3.05, 3.63) is 35.4 Å². The standard InChI is InChI=1S/C16H21N5O2/c1-10-5-4-6-13(23-3)14(10)18-16(22)21-8-7-12(9-21)15-17-11(2)19-20-15/h4-6,12H,7-9H2,1-3H3,(H,18,22)(H,17,19,20). The van der Waals surface area contributed by atoms with Crippen LogP contribution in [-0.2, 0) is 0 Å². The van der Waals surface area contributed by atoms with E-state index in [1.807, 2.05) is 32.0 Å². The Bertz CT molecular complexity index is 712. The van der Waals surface area contributed by atoms with Gasteiger partial charge in [-0.15, -0.1) is 0 Å². The second-order valence-electron chi connectivity index (χ2n) is 5.79. The van der Waals surface area contributed by atoms with Crippen molar-refractivity contribution < 1.29 is 9.53 Å². The number of nitrogens with zero attached hydrogens (tertiary/aromatic N) is 3. The van der Waals surface area contributed by atoms with Crippen molar-refractivity contribution in [3.8, 4) is 5.75 Å². The van der Waals surface area contributed by atoms with Gasteiger partial charge in [0.25, 0.3) is 0 Å². The highest BCUT2D eigenvalue weighted by Crippen LogP contribution is 2.29. The molecule has 2 aromatic rings. The number of aryl methyl sites for hydroxylation is 2. The molecule has 1 aromatic heterocycles. The van der Waals surface area contributed by atoms with Gasteiger partial charge in [-0.05, 0) is 31.9 Å². The number of carbonyl (C=O) groups is 1. The molecule has 1 aliphatic rings. The van der Waals surface area contributed by atoms with E-state index in [9.17, 15) is 4.79 Å². The molecule has 1 atom stereocenters. The summed E-state index contributed by atoms with van der Waals surface area (Å²) >= 11 is 0. The number of aromatic nitrogens is 3. The number of rotatable bonds is 3. The molecule has 0 radical (unpaired) electrons. The van der Waals surface area contributed by atoms with Gasteiger partial charge in [-0.2, -0.15) is 5.10 Å². The first-order valence-corrected chi connectivity index (χ1v) is 7.67. The molecule has 0 aliphatic carbocycles. The molecule has 0 spiro atoms. The van der Waals surface area contributed by atoms with E-state index in [0.717, 1.165) is 29.3 Å². The fourth-order valence-corrected chi connectivity index (χ4v) is 2.86. The average Bonchev–Trinajstić information content (AvgIpc) is 3.18. The van der Waals surface area contributed by atoms with E-state index in [1.165, 1.54) is 0 Å². The zero-order chi connectivity index (χ0) is 16.4. The van der Waals surface area contributed by atoms with Crippen molar-refractivity contribution in [2.75, 3.05) is 25.5 Å². The zero-order valence-corrected chi connectivity index (χ0v) is 13.6. The van der Waals surface area contributed by atoms with Gasteiger partial charge in [-0.25, -0.2) is 9.78 Å². The van der Waals surface area contributed by atoms with Crippen molar-refractivity contribution in [2.45, 2.75) is 26.2 Å². The predicted octanol–water partition coefficient (Wildman–Crippen LogP) is 2.45. The molecular weight excluding hydrogens is 294 g/mol. The number of para-hydroxylation sites is 1. The molecule has 2 amide bonds. The number of benzene rings is 1. The van der Waals surface area contributed by atoms with E-state index >= 15 is 0 Å². The molecule has 1 aliphatic heterocycles. The fraction of sp³-hybridized carbons (Fsp3) is 0.438. The number of hydrogen-bond donors (Lipinski definition) is 2. The maximum absolute atomic E-state index is 12.5. The van der Waals surface area contributed by atoms with Crippen LogP contribution in [0.15, 0.2) is 18.2 Å². The second-order valence-corrected chi connectivity index (χ2v) is 5.79. The first-order chi connectivity index (χ1) is 11.1. The van der Waals surface area contributed by atoms with Crippen LogP contribution < -0.4 is 10.1 Å². The number of nitrogens with one attached hydrogen (secondary N) is 2. The van der Waals surface area contributed by atoms with Crippen molar-refractivity contribution >= 4 is 11.7 Å². The molecular formula is C16H21N5O2. The van der Waals surface area contributed by atoms with Crippen molar-refractivity contribution in [1.29, 1.82) is 0 Å². The normalized spacial score (nSPS) is 17.3. The minimum atomic E-state index is -0.118. The minimum absolute atomic E-state index is 0.118. The van der Waals surface area contributed by atoms with E-state index in [-0.39, 0.29) is 11.9 Å². The summed E-state index contributed by atoms with van der Waals surface area (Å²) in [4.78, 5) is 18.7. The average molecular weight is 315 g/mol. The number of carbonyl (C=O) groups excluding carboxylic acids is 1. The molecule has 1 fully saturated rings. The number of hydrogen-bond acceptors (Lipinski definition) is 4. The molecule has 2 N–H and O–H groups in total. The molecule has 1 unspecified atom stereocenters. The lowest BCUT2D eigenvalue weighted by Crippen LogP contribution is -2.33. The first kappa shape index (κ1) is 15.3. The summed E-state index contributed by atoms with van der Waals surface area (Å²) < 4.78 is 5.33. The Morgan fingerprint density at radius 3 is 2.96 bits per heavy atom. The molecule has 0 bridgehead atoms. The minimum Gasteiger partial charge on any atom is -0.495 e. The molecule has 0 saturated carbocycles. The number of anilines is 1. The van der Waals surface area contributed by atoms with Gasteiger partial charge in [-0.1, -0.05) is 12.1 Å². The molecule has 1 saturated heterocycles. The smallest absolute Gasteiger partial charge is 0.321 e. The van der Waals surface area contributed by atoms with Crippen LogP contribution in [0.2, 0.25) is 0 Å². The fourth-order valence-electron chi connectivity index (χ4n) is 2.86. The number of ether oxygens (including phenoxy) is 1.